The largest absolute Gasteiger partial charge is 0.334 e. The summed E-state index contributed by atoms with van der Waals surface area (Å²) in [5.74, 6) is 0. The number of piperazine rings is 1. The van der Waals surface area contributed by atoms with Gasteiger partial charge in [-0.15, -0.1) is 0 Å². The highest BCUT2D eigenvalue weighted by Gasteiger charge is 2.21. The molecular weight excluding hydrogens is 322 g/mol. The molecule has 1 N–H and O–H groups in total. The Morgan fingerprint density at radius 3 is 2.33 bits per heavy atom. The Balaban J connectivity index is 1.44. The van der Waals surface area contributed by atoms with Crippen molar-refractivity contribution in [3.05, 3.63) is 70.7 Å². The van der Waals surface area contributed by atoms with Gasteiger partial charge in [0, 0.05) is 44.3 Å². The number of carbonyl (C=O) groups is 1. The van der Waals surface area contributed by atoms with Crippen molar-refractivity contribution in [2.75, 3.05) is 26.2 Å². The zero-order valence-electron chi connectivity index (χ0n) is 13.6. The van der Waals surface area contributed by atoms with Gasteiger partial charge in [0.2, 0.25) is 0 Å². The first kappa shape index (κ1) is 16.8. The van der Waals surface area contributed by atoms with Crippen molar-refractivity contribution < 1.29 is 4.79 Å². The minimum atomic E-state index is 0.0104. The molecule has 2 amide bonds. The molecule has 1 heterocycles. The lowest BCUT2D eigenvalue weighted by Crippen LogP contribution is -2.51. The van der Waals surface area contributed by atoms with Crippen molar-refractivity contribution in [1.29, 1.82) is 0 Å². The third kappa shape index (κ3) is 4.49. The van der Waals surface area contributed by atoms with E-state index in [1.165, 1.54) is 0 Å². The Hall–Kier alpha value is -2.04. The summed E-state index contributed by atoms with van der Waals surface area (Å²) in [6.45, 7) is 4.61. The van der Waals surface area contributed by atoms with Crippen molar-refractivity contribution in [2.45, 2.75) is 13.1 Å². The molecule has 4 nitrogen and oxygen atoms in total. The smallest absolute Gasteiger partial charge is 0.317 e. The third-order valence-electron chi connectivity index (χ3n) is 4.30. The lowest BCUT2D eigenvalue weighted by molar-refractivity contribution is 0.135. The van der Waals surface area contributed by atoms with Gasteiger partial charge >= 0.3 is 6.03 Å². The number of amides is 2. The molecule has 0 atom stereocenters. The van der Waals surface area contributed by atoms with E-state index in [9.17, 15) is 4.79 Å². The summed E-state index contributed by atoms with van der Waals surface area (Å²) in [7, 11) is 0. The van der Waals surface area contributed by atoms with E-state index < -0.39 is 0 Å². The van der Waals surface area contributed by atoms with Crippen LogP contribution >= 0.6 is 11.6 Å². The number of urea groups is 1. The molecule has 0 radical (unpaired) electrons. The molecule has 24 heavy (non-hydrogen) atoms. The first-order chi connectivity index (χ1) is 11.7. The molecule has 0 saturated carbocycles. The number of halogens is 1. The minimum Gasteiger partial charge on any atom is -0.334 e. The van der Waals surface area contributed by atoms with E-state index in [-0.39, 0.29) is 6.03 Å². The summed E-state index contributed by atoms with van der Waals surface area (Å²) in [5.41, 5.74) is 2.25. The Morgan fingerprint density at radius 1 is 0.958 bits per heavy atom. The highest BCUT2D eigenvalue weighted by Crippen LogP contribution is 2.17. The highest BCUT2D eigenvalue weighted by molar-refractivity contribution is 6.31. The van der Waals surface area contributed by atoms with Gasteiger partial charge in [0.05, 0.1) is 0 Å². The Bertz CT molecular complexity index is 669. The lowest BCUT2D eigenvalue weighted by Gasteiger charge is -2.34. The fourth-order valence-electron chi connectivity index (χ4n) is 2.86. The summed E-state index contributed by atoms with van der Waals surface area (Å²) >= 11 is 6.22. The van der Waals surface area contributed by atoms with E-state index in [1.54, 1.807) is 0 Å². The van der Waals surface area contributed by atoms with Gasteiger partial charge in [-0.1, -0.05) is 60.1 Å². The van der Waals surface area contributed by atoms with E-state index in [0.717, 1.165) is 48.9 Å². The second-order valence-corrected chi connectivity index (χ2v) is 6.41. The molecular formula is C19H22ClN3O. The summed E-state index contributed by atoms with van der Waals surface area (Å²) in [4.78, 5) is 16.5. The molecule has 5 heteroatoms. The average molecular weight is 344 g/mol. The van der Waals surface area contributed by atoms with Crippen LogP contribution in [0.15, 0.2) is 54.6 Å². The van der Waals surface area contributed by atoms with E-state index in [4.69, 9.17) is 11.6 Å². The molecule has 1 aliphatic heterocycles. The van der Waals surface area contributed by atoms with Crippen LogP contribution in [0.25, 0.3) is 0 Å². The molecule has 2 aromatic carbocycles. The van der Waals surface area contributed by atoms with Crippen LogP contribution in [0.1, 0.15) is 11.1 Å². The van der Waals surface area contributed by atoms with Crippen LogP contribution < -0.4 is 5.32 Å². The van der Waals surface area contributed by atoms with Crippen molar-refractivity contribution in [3.8, 4) is 0 Å². The molecule has 1 saturated heterocycles. The van der Waals surface area contributed by atoms with Gasteiger partial charge in [0.15, 0.2) is 0 Å². The maximum Gasteiger partial charge on any atom is 0.317 e. The number of hydrogen-bond acceptors (Lipinski definition) is 2. The standard InChI is InChI=1S/C19H22ClN3O/c20-18-9-5-4-8-17(18)15-22-10-12-23(13-11-22)19(24)21-14-16-6-2-1-3-7-16/h1-9H,10-15H2,(H,21,24). The van der Waals surface area contributed by atoms with Gasteiger partial charge in [0.25, 0.3) is 0 Å². The van der Waals surface area contributed by atoms with Gasteiger partial charge < -0.3 is 10.2 Å². The summed E-state index contributed by atoms with van der Waals surface area (Å²) in [5, 5.41) is 3.80. The topological polar surface area (TPSA) is 35.6 Å². The fourth-order valence-corrected chi connectivity index (χ4v) is 3.06. The quantitative estimate of drug-likeness (QED) is 0.923. The van der Waals surface area contributed by atoms with Gasteiger partial charge in [-0.3, -0.25) is 4.90 Å². The number of hydrogen-bond donors (Lipinski definition) is 1. The molecule has 0 spiro atoms. The van der Waals surface area contributed by atoms with Crippen molar-refractivity contribution in [3.63, 3.8) is 0 Å². The summed E-state index contributed by atoms with van der Waals surface area (Å²) in [6, 6.07) is 17.9. The number of nitrogens with zero attached hydrogens (tertiary/aromatic N) is 2. The van der Waals surface area contributed by atoms with Gasteiger partial charge in [-0.05, 0) is 17.2 Å². The molecule has 3 rings (SSSR count). The normalized spacial score (nSPS) is 15.3. The molecule has 0 aromatic heterocycles. The molecule has 126 valence electrons. The second-order valence-electron chi connectivity index (χ2n) is 6.00. The predicted molar refractivity (Wildman–Crippen MR) is 97.0 cm³/mol. The maximum absolute atomic E-state index is 12.3. The van der Waals surface area contributed by atoms with Crippen LogP contribution in [-0.2, 0) is 13.1 Å². The Kier molecular flexibility index (Phi) is 5.72. The highest BCUT2D eigenvalue weighted by atomic mass is 35.5. The number of nitrogens with one attached hydrogen (secondary N) is 1. The van der Waals surface area contributed by atoms with Crippen LogP contribution in [0.4, 0.5) is 4.79 Å². The third-order valence-corrected chi connectivity index (χ3v) is 4.67. The van der Waals surface area contributed by atoms with Gasteiger partial charge in [-0.2, -0.15) is 0 Å². The maximum atomic E-state index is 12.3. The van der Waals surface area contributed by atoms with Crippen LogP contribution in [-0.4, -0.2) is 42.0 Å². The van der Waals surface area contributed by atoms with Crippen molar-refractivity contribution >= 4 is 17.6 Å². The minimum absolute atomic E-state index is 0.0104. The number of benzene rings is 2. The molecule has 0 unspecified atom stereocenters. The Labute approximate surface area is 148 Å². The summed E-state index contributed by atoms with van der Waals surface area (Å²) < 4.78 is 0. The molecule has 2 aromatic rings. The van der Waals surface area contributed by atoms with Crippen LogP contribution in [0, 0.1) is 0 Å². The first-order valence-electron chi connectivity index (χ1n) is 8.25. The van der Waals surface area contributed by atoms with Crippen molar-refractivity contribution in [1.82, 2.24) is 15.1 Å². The number of carbonyl (C=O) groups excluding carboxylic acids is 1. The fraction of sp³-hybridized carbons (Fsp3) is 0.316. The summed E-state index contributed by atoms with van der Waals surface area (Å²) in [6.07, 6.45) is 0. The number of rotatable bonds is 4. The predicted octanol–water partition coefficient (Wildman–Crippen LogP) is 3.37. The van der Waals surface area contributed by atoms with Crippen LogP contribution in [0.3, 0.4) is 0 Å². The average Bonchev–Trinajstić information content (AvgIpc) is 2.63. The zero-order valence-corrected chi connectivity index (χ0v) is 14.4. The van der Waals surface area contributed by atoms with E-state index in [1.807, 2.05) is 53.4 Å². The van der Waals surface area contributed by atoms with Gasteiger partial charge in [-0.25, -0.2) is 4.79 Å². The second kappa shape index (κ2) is 8.18. The Morgan fingerprint density at radius 2 is 1.62 bits per heavy atom. The molecule has 0 bridgehead atoms. The monoisotopic (exact) mass is 343 g/mol. The zero-order chi connectivity index (χ0) is 16.8. The van der Waals surface area contributed by atoms with E-state index in [0.29, 0.717) is 6.54 Å². The first-order valence-corrected chi connectivity index (χ1v) is 8.62. The SMILES string of the molecule is O=C(NCc1ccccc1)N1CCN(Cc2ccccc2Cl)CC1. The van der Waals surface area contributed by atoms with Gasteiger partial charge in [0.1, 0.15) is 0 Å². The van der Waals surface area contributed by atoms with Crippen LogP contribution in [0.2, 0.25) is 5.02 Å². The van der Waals surface area contributed by atoms with E-state index in [2.05, 4.69) is 16.3 Å². The lowest BCUT2D eigenvalue weighted by atomic mass is 10.2. The molecule has 0 aliphatic carbocycles. The van der Waals surface area contributed by atoms with E-state index >= 15 is 0 Å². The van der Waals surface area contributed by atoms with Crippen LogP contribution in [0.5, 0.6) is 0 Å². The van der Waals surface area contributed by atoms with Crippen molar-refractivity contribution in [2.24, 2.45) is 0 Å². The molecule has 1 fully saturated rings. The molecule has 1 aliphatic rings.